The number of rotatable bonds is 3. The molecule has 1 aliphatic rings. The predicted octanol–water partition coefficient (Wildman–Crippen LogP) is 6.08. The first-order chi connectivity index (χ1) is 16.4. The molecule has 2 N–H and O–H groups in total. The van der Waals surface area contributed by atoms with E-state index in [1.807, 2.05) is 24.3 Å². The van der Waals surface area contributed by atoms with Gasteiger partial charge in [0.2, 0.25) is 11.6 Å². The van der Waals surface area contributed by atoms with Gasteiger partial charge < -0.3 is 19.6 Å². The average molecular weight is 519 g/mol. The zero-order chi connectivity index (χ0) is 24.0. The minimum Gasteiger partial charge on any atom is -0.449 e. The first-order valence-electron chi connectivity index (χ1n) is 10.2. The molecule has 1 unspecified atom stereocenters. The van der Waals surface area contributed by atoms with Crippen LogP contribution in [-0.2, 0) is 0 Å². The summed E-state index contributed by atoms with van der Waals surface area (Å²) in [5, 5.41) is 10.2. The van der Waals surface area contributed by atoms with Gasteiger partial charge >= 0.3 is 5.97 Å². The minimum absolute atomic E-state index is 0.0125. The topological polar surface area (TPSA) is 98.5 Å². The van der Waals surface area contributed by atoms with Crippen LogP contribution in [0.3, 0.4) is 0 Å². The van der Waals surface area contributed by atoms with Crippen molar-refractivity contribution in [1.29, 1.82) is 5.26 Å². The van der Waals surface area contributed by atoms with Gasteiger partial charge in [-0.25, -0.2) is 9.18 Å². The molecule has 1 aliphatic heterocycles. The number of esters is 1. The highest BCUT2D eigenvalue weighted by Gasteiger charge is 2.31. The highest BCUT2D eigenvalue weighted by atomic mass is 79.9. The van der Waals surface area contributed by atoms with Crippen LogP contribution in [0.1, 0.15) is 33.2 Å². The van der Waals surface area contributed by atoms with Crippen molar-refractivity contribution in [3.8, 4) is 17.6 Å². The molecule has 0 saturated heterocycles. The number of benzene rings is 3. The summed E-state index contributed by atoms with van der Waals surface area (Å²) in [6.07, 6.45) is 0. The molecule has 2 heterocycles. The minimum atomic E-state index is -0.726. The van der Waals surface area contributed by atoms with Crippen LogP contribution < -0.4 is 15.2 Å². The van der Waals surface area contributed by atoms with Crippen LogP contribution in [0.5, 0.6) is 11.5 Å². The summed E-state index contributed by atoms with van der Waals surface area (Å²) in [6, 6.07) is 18.6. The number of furan rings is 1. The van der Waals surface area contributed by atoms with E-state index in [2.05, 4.69) is 22.0 Å². The van der Waals surface area contributed by atoms with Crippen molar-refractivity contribution in [2.24, 2.45) is 5.73 Å². The number of allylic oxidation sites excluding steroid dienone is 1. The molecule has 0 amide bonds. The number of hydrogen-bond donors (Lipinski definition) is 1. The van der Waals surface area contributed by atoms with Gasteiger partial charge in [0.15, 0.2) is 0 Å². The van der Waals surface area contributed by atoms with E-state index in [1.54, 1.807) is 19.1 Å². The van der Waals surface area contributed by atoms with Crippen LogP contribution in [0.2, 0.25) is 0 Å². The van der Waals surface area contributed by atoms with Crippen LogP contribution >= 0.6 is 15.9 Å². The van der Waals surface area contributed by atoms with Crippen molar-refractivity contribution < 1.29 is 23.1 Å². The third-order valence-electron chi connectivity index (χ3n) is 5.69. The number of fused-ring (bicyclic) bond motifs is 2. The van der Waals surface area contributed by atoms with Gasteiger partial charge in [-0.05, 0) is 48.9 Å². The quantitative estimate of drug-likeness (QED) is 0.260. The van der Waals surface area contributed by atoms with Crippen molar-refractivity contribution in [3.63, 3.8) is 0 Å². The van der Waals surface area contributed by atoms with Crippen molar-refractivity contribution in [3.05, 3.63) is 105 Å². The highest BCUT2D eigenvalue weighted by molar-refractivity contribution is 9.10. The molecule has 1 atom stereocenters. The molecule has 0 saturated carbocycles. The van der Waals surface area contributed by atoms with E-state index in [0.29, 0.717) is 33.4 Å². The number of carbonyl (C=O) groups is 1. The van der Waals surface area contributed by atoms with Gasteiger partial charge in [0, 0.05) is 27.1 Å². The van der Waals surface area contributed by atoms with E-state index in [1.165, 1.54) is 24.3 Å². The van der Waals surface area contributed by atoms with E-state index in [9.17, 15) is 14.4 Å². The lowest BCUT2D eigenvalue weighted by Crippen LogP contribution is -2.21. The summed E-state index contributed by atoms with van der Waals surface area (Å²) in [4.78, 5) is 12.8. The summed E-state index contributed by atoms with van der Waals surface area (Å²) in [5.74, 6) is -1.03. The molecule has 8 heteroatoms. The normalized spacial score (nSPS) is 14.9. The van der Waals surface area contributed by atoms with Gasteiger partial charge in [-0.2, -0.15) is 5.26 Å². The Morgan fingerprint density at radius 2 is 1.91 bits per heavy atom. The van der Waals surface area contributed by atoms with Crippen molar-refractivity contribution in [2.75, 3.05) is 0 Å². The molecule has 0 spiro atoms. The third kappa shape index (κ3) is 3.70. The van der Waals surface area contributed by atoms with Gasteiger partial charge in [-0.15, -0.1) is 0 Å². The highest BCUT2D eigenvalue weighted by Crippen LogP contribution is 2.43. The molecule has 5 rings (SSSR count). The molecule has 0 fully saturated rings. The lowest BCUT2D eigenvalue weighted by molar-refractivity contribution is 0.0702. The lowest BCUT2D eigenvalue weighted by atomic mass is 9.83. The molecular formula is C26H16BrFN2O4. The first-order valence-corrected chi connectivity index (χ1v) is 11.0. The maximum atomic E-state index is 13.6. The maximum absolute atomic E-state index is 13.6. The smallest absolute Gasteiger partial charge is 0.379 e. The third-order valence-corrected chi connectivity index (χ3v) is 6.22. The van der Waals surface area contributed by atoms with Crippen LogP contribution in [-0.4, -0.2) is 5.97 Å². The fourth-order valence-electron chi connectivity index (χ4n) is 4.04. The summed E-state index contributed by atoms with van der Waals surface area (Å²) < 4.78 is 31.3. The molecule has 0 radical (unpaired) electrons. The Hall–Kier alpha value is -4.09. The number of nitrogens with zero attached hydrogens (tertiary/aromatic N) is 1. The Bertz CT molecular complexity index is 1530. The summed E-state index contributed by atoms with van der Waals surface area (Å²) >= 11 is 3.42. The monoisotopic (exact) mass is 518 g/mol. The molecule has 4 aromatic rings. The Morgan fingerprint density at radius 1 is 1.15 bits per heavy atom. The Labute approximate surface area is 202 Å². The second-order valence-corrected chi connectivity index (χ2v) is 8.68. The molecule has 3 aromatic carbocycles. The molecule has 0 aliphatic carbocycles. The molecule has 34 heavy (non-hydrogen) atoms. The lowest BCUT2D eigenvalue weighted by Gasteiger charge is -2.26. The molecule has 0 bridgehead atoms. The number of aryl methyl sites for hydroxylation is 1. The fourth-order valence-corrected chi connectivity index (χ4v) is 4.30. The second kappa shape index (κ2) is 8.36. The van der Waals surface area contributed by atoms with Gasteiger partial charge in [-0.3, -0.25) is 0 Å². The Balaban J connectivity index is 1.49. The van der Waals surface area contributed by atoms with Crippen LogP contribution in [0.25, 0.3) is 11.0 Å². The standard InChI is InChI=1S/C26H16BrFN2O4/c1-13-19-10-16(28)6-9-21(19)33-24(13)26(31)32-17-7-8-18-22(11-17)34-25(30)20(12-29)23(18)14-2-4-15(27)5-3-14/h2-11,23H,30H2,1H3. The molecular weight excluding hydrogens is 503 g/mol. The van der Waals surface area contributed by atoms with Crippen molar-refractivity contribution >= 4 is 32.9 Å². The van der Waals surface area contributed by atoms with Crippen LogP contribution in [0, 0.1) is 24.1 Å². The summed E-state index contributed by atoms with van der Waals surface area (Å²) in [5.41, 5.74) is 8.79. The van der Waals surface area contributed by atoms with Gasteiger partial charge in [0.25, 0.3) is 0 Å². The molecule has 6 nitrogen and oxygen atoms in total. The largest absolute Gasteiger partial charge is 0.449 e. The van der Waals surface area contributed by atoms with Crippen molar-refractivity contribution in [1.82, 2.24) is 0 Å². The van der Waals surface area contributed by atoms with Gasteiger partial charge in [-0.1, -0.05) is 34.1 Å². The second-order valence-electron chi connectivity index (χ2n) is 7.76. The van der Waals surface area contributed by atoms with E-state index < -0.39 is 17.7 Å². The van der Waals surface area contributed by atoms with E-state index in [-0.39, 0.29) is 17.4 Å². The molecule has 1 aromatic heterocycles. The Kier molecular flexibility index (Phi) is 5.34. The predicted molar refractivity (Wildman–Crippen MR) is 126 cm³/mol. The van der Waals surface area contributed by atoms with Crippen LogP contribution in [0.15, 0.2) is 81.0 Å². The average Bonchev–Trinajstić information content (AvgIpc) is 3.14. The van der Waals surface area contributed by atoms with E-state index in [4.69, 9.17) is 19.6 Å². The number of nitriles is 1. The summed E-state index contributed by atoms with van der Waals surface area (Å²) in [6.45, 7) is 1.66. The first kappa shape index (κ1) is 21.7. The fraction of sp³-hybridized carbons (Fsp3) is 0.0769. The van der Waals surface area contributed by atoms with E-state index in [0.717, 1.165) is 10.0 Å². The number of hydrogen-bond acceptors (Lipinski definition) is 6. The number of carbonyl (C=O) groups excluding carboxylic acids is 1. The number of nitrogens with two attached hydrogens (primary N) is 1. The van der Waals surface area contributed by atoms with Gasteiger partial charge in [0.1, 0.15) is 34.5 Å². The van der Waals surface area contributed by atoms with Crippen LogP contribution in [0.4, 0.5) is 4.39 Å². The molecule has 168 valence electrons. The number of halogens is 2. The van der Waals surface area contributed by atoms with Crippen molar-refractivity contribution in [2.45, 2.75) is 12.8 Å². The van der Waals surface area contributed by atoms with Gasteiger partial charge in [0.05, 0.1) is 5.92 Å². The SMILES string of the molecule is Cc1c(C(=O)Oc2ccc3c(c2)OC(N)=C(C#N)C3c2ccc(Br)cc2)oc2ccc(F)cc12. The zero-order valence-corrected chi connectivity index (χ0v) is 19.4. The Morgan fingerprint density at radius 3 is 2.65 bits per heavy atom. The zero-order valence-electron chi connectivity index (χ0n) is 17.8. The number of ether oxygens (including phenoxy) is 2. The summed E-state index contributed by atoms with van der Waals surface area (Å²) in [7, 11) is 0. The maximum Gasteiger partial charge on any atom is 0.379 e. The van der Waals surface area contributed by atoms with E-state index >= 15 is 0 Å².